The summed E-state index contributed by atoms with van der Waals surface area (Å²) in [6.07, 6.45) is 1.92. The van der Waals surface area contributed by atoms with Crippen LogP contribution in [-0.4, -0.2) is 58.2 Å². The van der Waals surface area contributed by atoms with Gasteiger partial charge in [-0.25, -0.2) is 12.7 Å². The first-order chi connectivity index (χ1) is 7.45. The van der Waals surface area contributed by atoms with Gasteiger partial charge in [0.05, 0.1) is 12.2 Å². The summed E-state index contributed by atoms with van der Waals surface area (Å²) in [6.45, 7) is 1.78. The largest absolute Gasteiger partial charge is 0.385 e. The van der Waals surface area contributed by atoms with E-state index in [2.05, 4.69) is 5.32 Å². The van der Waals surface area contributed by atoms with E-state index >= 15 is 0 Å². The number of nitrogens with one attached hydrogen (secondary N) is 1. The third-order valence-corrected chi connectivity index (χ3v) is 3.75. The Kier molecular flexibility index (Phi) is 4.69. The monoisotopic (exact) mass is 250 g/mol. The molecule has 1 N–H and O–H groups in total. The number of rotatable bonds is 6. The molecule has 0 saturated carbocycles. The van der Waals surface area contributed by atoms with E-state index in [4.69, 9.17) is 4.74 Å². The molecular formula is C9H18N2O4S. The number of carbonyl (C=O) groups is 1. The number of nitrogens with zero attached hydrogens (tertiary/aromatic N) is 1. The molecule has 1 rings (SSSR count). The number of hydrogen-bond donors (Lipinski definition) is 1. The van der Waals surface area contributed by atoms with Gasteiger partial charge in [0.1, 0.15) is 0 Å². The predicted octanol–water partition coefficient (Wildman–Crippen LogP) is -0.969. The number of ether oxygens (including phenoxy) is 1. The van der Waals surface area contributed by atoms with Crippen LogP contribution in [0.3, 0.4) is 0 Å². The third-order valence-electron chi connectivity index (χ3n) is 2.51. The smallest absolute Gasteiger partial charge is 0.225 e. The topological polar surface area (TPSA) is 75.7 Å². The number of carbonyl (C=O) groups excluding carboxylic acids is 1. The van der Waals surface area contributed by atoms with Gasteiger partial charge in [0, 0.05) is 33.4 Å². The van der Waals surface area contributed by atoms with Crippen molar-refractivity contribution in [3.05, 3.63) is 0 Å². The summed E-state index contributed by atoms with van der Waals surface area (Å²) in [5.41, 5.74) is 0. The molecule has 0 radical (unpaired) electrons. The van der Waals surface area contributed by atoms with Gasteiger partial charge >= 0.3 is 0 Å². The van der Waals surface area contributed by atoms with Gasteiger partial charge in [0.2, 0.25) is 15.9 Å². The highest BCUT2D eigenvalue weighted by atomic mass is 32.2. The summed E-state index contributed by atoms with van der Waals surface area (Å²) in [5, 5.41) is 2.75. The lowest BCUT2D eigenvalue weighted by Gasteiger charge is -2.35. The molecule has 7 heteroatoms. The van der Waals surface area contributed by atoms with Gasteiger partial charge in [-0.05, 0) is 6.42 Å². The fraction of sp³-hybridized carbons (Fsp3) is 0.889. The van der Waals surface area contributed by atoms with Crippen molar-refractivity contribution in [1.29, 1.82) is 0 Å². The van der Waals surface area contributed by atoms with E-state index in [1.807, 2.05) is 0 Å². The van der Waals surface area contributed by atoms with Crippen molar-refractivity contribution < 1.29 is 17.9 Å². The van der Waals surface area contributed by atoms with Crippen LogP contribution in [0, 0.1) is 5.92 Å². The van der Waals surface area contributed by atoms with Crippen LogP contribution in [-0.2, 0) is 19.6 Å². The summed E-state index contributed by atoms with van der Waals surface area (Å²) >= 11 is 0. The zero-order valence-corrected chi connectivity index (χ0v) is 10.4. The highest BCUT2D eigenvalue weighted by Gasteiger charge is 2.37. The Morgan fingerprint density at radius 1 is 1.50 bits per heavy atom. The Bertz CT molecular complexity index is 335. The van der Waals surface area contributed by atoms with Gasteiger partial charge in [-0.3, -0.25) is 4.79 Å². The SMILES string of the molecule is COCCCNC(=O)C1CN(S(C)(=O)=O)C1. The lowest BCUT2D eigenvalue weighted by atomic mass is 10.0. The van der Waals surface area contributed by atoms with Crippen LogP contribution in [0.1, 0.15) is 6.42 Å². The first-order valence-electron chi connectivity index (χ1n) is 5.17. The van der Waals surface area contributed by atoms with Crippen LogP contribution >= 0.6 is 0 Å². The first-order valence-corrected chi connectivity index (χ1v) is 7.01. The number of sulfonamides is 1. The Balaban J connectivity index is 2.17. The molecule has 0 aromatic rings. The minimum atomic E-state index is -3.13. The van der Waals surface area contributed by atoms with Crippen molar-refractivity contribution in [2.45, 2.75) is 6.42 Å². The van der Waals surface area contributed by atoms with Gasteiger partial charge in [-0.2, -0.15) is 0 Å². The van der Waals surface area contributed by atoms with Crippen LogP contribution in [0.15, 0.2) is 0 Å². The second kappa shape index (κ2) is 5.60. The molecule has 1 fully saturated rings. The Hall–Kier alpha value is -0.660. The van der Waals surface area contributed by atoms with Crippen LogP contribution < -0.4 is 5.32 Å². The molecule has 6 nitrogen and oxygen atoms in total. The normalized spacial score (nSPS) is 18.1. The maximum Gasteiger partial charge on any atom is 0.225 e. The van der Waals surface area contributed by atoms with Crippen molar-refractivity contribution in [2.24, 2.45) is 5.92 Å². The Labute approximate surface area is 96.0 Å². The van der Waals surface area contributed by atoms with Crippen LogP contribution in [0.4, 0.5) is 0 Å². The average Bonchev–Trinajstić information content (AvgIpc) is 2.07. The predicted molar refractivity (Wildman–Crippen MR) is 59.4 cm³/mol. The quantitative estimate of drug-likeness (QED) is 0.615. The summed E-state index contributed by atoms with van der Waals surface area (Å²) in [4.78, 5) is 11.5. The second-order valence-electron chi connectivity index (χ2n) is 3.91. The molecule has 1 aliphatic heterocycles. The van der Waals surface area contributed by atoms with Gasteiger partial charge in [0.25, 0.3) is 0 Å². The van der Waals surface area contributed by atoms with Gasteiger partial charge in [0.15, 0.2) is 0 Å². The van der Waals surface area contributed by atoms with Gasteiger partial charge in [-0.15, -0.1) is 0 Å². The van der Waals surface area contributed by atoms with Crippen molar-refractivity contribution in [1.82, 2.24) is 9.62 Å². The third kappa shape index (κ3) is 3.73. The first kappa shape index (κ1) is 13.4. The second-order valence-corrected chi connectivity index (χ2v) is 5.90. The van der Waals surface area contributed by atoms with Crippen molar-refractivity contribution in [3.8, 4) is 0 Å². The number of amides is 1. The highest BCUT2D eigenvalue weighted by Crippen LogP contribution is 2.18. The molecule has 1 aliphatic rings. The molecule has 0 atom stereocenters. The standard InChI is InChI=1S/C9H18N2O4S/c1-15-5-3-4-10-9(12)8-6-11(7-8)16(2,13)14/h8H,3-7H2,1-2H3,(H,10,12). The van der Waals surface area contributed by atoms with Gasteiger partial charge in [-0.1, -0.05) is 0 Å². The minimum Gasteiger partial charge on any atom is -0.385 e. The van der Waals surface area contributed by atoms with Crippen molar-refractivity contribution in [2.75, 3.05) is 39.6 Å². The Morgan fingerprint density at radius 2 is 2.12 bits per heavy atom. The molecule has 0 aromatic heterocycles. The van der Waals surface area contributed by atoms with E-state index in [0.717, 1.165) is 12.7 Å². The lowest BCUT2D eigenvalue weighted by molar-refractivity contribution is -0.128. The lowest BCUT2D eigenvalue weighted by Crippen LogP contribution is -2.55. The molecule has 1 amide bonds. The molecule has 1 saturated heterocycles. The van der Waals surface area contributed by atoms with Crippen molar-refractivity contribution >= 4 is 15.9 Å². The van der Waals surface area contributed by atoms with Crippen LogP contribution in [0.5, 0.6) is 0 Å². The fourth-order valence-corrected chi connectivity index (χ4v) is 2.35. The maximum absolute atomic E-state index is 11.5. The molecule has 16 heavy (non-hydrogen) atoms. The maximum atomic E-state index is 11.5. The molecule has 0 bridgehead atoms. The summed E-state index contributed by atoms with van der Waals surface area (Å²) in [6, 6.07) is 0. The minimum absolute atomic E-state index is 0.0731. The number of hydrogen-bond acceptors (Lipinski definition) is 4. The van der Waals surface area contributed by atoms with E-state index < -0.39 is 10.0 Å². The molecule has 94 valence electrons. The molecule has 0 spiro atoms. The van der Waals surface area contributed by atoms with Crippen molar-refractivity contribution in [3.63, 3.8) is 0 Å². The molecular weight excluding hydrogens is 232 g/mol. The van der Waals surface area contributed by atoms with E-state index in [1.165, 1.54) is 4.31 Å². The van der Waals surface area contributed by atoms with E-state index in [1.54, 1.807) is 7.11 Å². The highest BCUT2D eigenvalue weighted by molar-refractivity contribution is 7.88. The van der Waals surface area contributed by atoms with E-state index in [9.17, 15) is 13.2 Å². The zero-order chi connectivity index (χ0) is 12.2. The van der Waals surface area contributed by atoms with Crippen LogP contribution in [0.2, 0.25) is 0 Å². The van der Waals surface area contributed by atoms with Crippen LogP contribution in [0.25, 0.3) is 0 Å². The van der Waals surface area contributed by atoms with E-state index in [-0.39, 0.29) is 11.8 Å². The molecule has 0 aromatic carbocycles. The summed E-state index contributed by atoms with van der Waals surface area (Å²) in [7, 11) is -1.52. The number of methoxy groups -OCH3 is 1. The molecule has 0 unspecified atom stereocenters. The summed E-state index contributed by atoms with van der Waals surface area (Å²) < 4.78 is 28.3. The molecule has 1 heterocycles. The zero-order valence-electron chi connectivity index (χ0n) is 9.60. The molecule has 0 aliphatic carbocycles. The average molecular weight is 250 g/mol. The van der Waals surface area contributed by atoms with Gasteiger partial charge < -0.3 is 10.1 Å². The Morgan fingerprint density at radius 3 is 2.62 bits per heavy atom. The fourth-order valence-electron chi connectivity index (χ4n) is 1.45. The summed E-state index contributed by atoms with van der Waals surface area (Å²) in [5.74, 6) is -0.270. The van der Waals surface area contributed by atoms with E-state index in [0.29, 0.717) is 26.2 Å².